The number of anilines is 4. The summed E-state index contributed by atoms with van der Waals surface area (Å²) in [6.07, 6.45) is 4.48. The zero-order chi connectivity index (χ0) is 27.0. The number of rotatable bonds is 7. The first-order valence-corrected chi connectivity index (χ1v) is 14.2. The second-order valence-corrected chi connectivity index (χ2v) is 11.7. The molecule has 0 radical (unpaired) electrons. The number of halogens is 1. The summed E-state index contributed by atoms with van der Waals surface area (Å²) in [5.41, 5.74) is 2.00. The molecule has 2 N–H and O–H groups in total. The number of nitriles is 2. The number of nitrogens with one attached hydrogen (secondary N) is 2. The van der Waals surface area contributed by atoms with Crippen LogP contribution in [-0.4, -0.2) is 83.0 Å². The molecule has 1 saturated heterocycles. The lowest BCUT2D eigenvalue weighted by molar-refractivity contribution is -0.128. The molecular formula is C23H23ClN10O3S. The molecule has 38 heavy (non-hydrogen) atoms. The number of nitrogens with zero attached hydrogens (tertiary/aromatic N) is 8. The Bertz CT molecular complexity index is 1610. The summed E-state index contributed by atoms with van der Waals surface area (Å²) in [5, 5.41) is 30.2. The third-order valence-electron chi connectivity index (χ3n) is 6.18. The van der Waals surface area contributed by atoms with Crippen LogP contribution in [0.25, 0.3) is 5.65 Å². The average Bonchev–Trinajstić information content (AvgIpc) is 3.60. The van der Waals surface area contributed by atoms with E-state index in [1.54, 1.807) is 12.1 Å². The molecule has 3 heterocycles. The molecule has 0 unspecified atom stereocenters. The number of piperazine rings is 1. The third kappa shape index (κ3) is 5.41. The SMILES string of the molecule is CS(=O)(=O)CC(=O)N1CCN(c2cc(C#N)cc(Nc3nc(NC4CC4)c4ncc(C#N)n4n3)c2Cl)CC1. The number of hydrogen-bond acceptors (Lipinski definition) is 11. The third-order valence-corrected chi connectivity index (χ3v) is 7.35. The minimum absolute atomic E-state index is 0.161. The van der Waals surface area contributed by atoms with E-state index in [0.29, 0.717) is 59.6 Å². The molecule has 1 aromatic carbocycles. The van der Waals surface area contributed by atoms with Gasteiger partial charge in [-0.2, -0.15) is 20.0 Å². The first kappa shape index (κ1) is 25.5. The van der Waals surface area contributed by atoms with Crippen molar-refractivity contribution < 1.29 is 13.2 Å². The van der Waals surface area contributed by atoms with Crippen LogP contribution < -0.4 is 15.5 Å². The molecular weight excluding hydrogens is 532 g/mol. The van der Waals surface area contributed by atoms with E-state index in [4.69, 9.17) is 11.6 Å². The topological polar surface area (TPSA) is 172 Å². The molecule has 0 spiro atoms. The van der Waals surface area contributed by atoms with Gasteiger partial charge in [0.25, 0.3) is 0 Å². The molecule has 2 aromatic heterocycles. The van der Waals surface area contributed by atoms with Gasteiger partial charge in [-0.25, -0.2) is 13.4 Å². The molecule has 2 aliphatic rings. The van der Waals surface area contributed by atoms with Crippen LogP contribution in [0.3, 0.4) is 0 Å². The van der Waals surface area contributed by atoms with Crippen molar-refractivity contribution in [2.24, 2.45) is 0 Å². The number of aromatic nitrogens is 4. The van der Waals surface area contributed by atoms with E-state index < -0.39 is 21.5 Å². The zero-order valence-corrected chi connectivity index (χ0v) is 21.9. The summed E-state index contributed by atoms with van der Waals surface area (Å²) in [7, 11) is -3.42. The zero-order valence-electron chi connectivity index (χ0n) is 20.3. The van der Waals surface area contributed by atoms with Gasteiger partial charge >= 0.3 is 0 Å². The van der Waals surface area contributed by atoms with Gasteiger partial charge in [-0.15, -0.1) is 5.10 Å². The first-order chi connectivity index (χ1) is 18.1. The molecule has 3 aromatic rings. The summed E-state index contributed by atoms with van der Waals surface area (Å²) in [5.74, 6) is -0.327. The predicted octanol–water partition coefficient (Wildman–Crippen LogP) is 1.53. The van der Waals surface area contributed by atoms with Gasteiger partial charge < -0.3 is 20.4 Å². The number of hydrogen-bond donors (Lipinski definition) is 2. The summed E-state index contributed by atoms with van der Waals surface area (Å²) >= 11 is 6.78. The quantitative estimate of drug-likeness (QED) is 0.433. The van der Waals surface area contributed by atoms with Crippen molar-refractivity contribution in [2.75, 3.05) is 53.7 Å². The van der Waals surface area contributed by atoms with Gasteiger partial charge in [0, 0.05) is 38.5 Å². The van der Waals surface area contributed by atoms with Crippen molar-refractivity contribution >= 4 is 56.1 Å². The molecule has 1 amide bonds. The molecule has 1 aliphatic carbocycles. The lowest BCUT2D eigenvalue weighted by Gasteiger charge is -2.36. The lowest BCUT2D eigenvalue weighted by Crippen LogP contribution is -2.50. The normalized spacial score (nSPS) is 15.7. The van der Waals surface area contributed by atoms with Crippen molar-refractivity contribution in [1.82, 2.24) is 24.5 Å². The summed E-state index contributed by atoms with van der Waals surface area (Å²) in [6, 6.07) is 7.72. The second kappa shape index (κ2) is 9.96. The molecule has 0 bridgehead atoms. The fourth-order valence-corrected chi connectivity index (χ4v) is 5.06. The van der Waals surface area contributed by atoms with Crippen molar-refractivity contribution in [3.8, 4) is 12.1 Å². The van der Waals surface area contributed by atoms with E-state index in [9.17, 15) is 23.7 Å². The fraction of sp³-hybridized carbons (Fsp3) is 0.391. The number of amides is 1. The Morgan fingerprint density at radius 3 is 2.55 bits per heavy atom. The van der Waals surface area contributed by atoms with Crippen LogP contribution >= 0.6 is 11.6 Å². The number of imidazole rings is 1. The van der Waals surface area contributed by atoms with Crippen molar-refractivity contribution in [2.45, 2.75) is 18.9 Å². The number of carbonyl (C=O) groups excluding carboxylic acids is 1. The Morgan fingerprint density at radius 1 is 1.18 bits per heavy atom. The molecule has 13 nitrogen and oxygen atoms in total. The van der Waals surface area contributed by atoms with Crippen molar-refractivity contribution in [1.29, 1.82) is 10.5 Å². The van der Waals surface area contributed by atoms with Gasteiger partial charge in [0.2, 0.25) is 11.9 Å². The first-order valence-electron chi connectivity index (χ1n) is 11.8. The van der Waals surface area contributed by atoms with Crippen LogP contribution in [0.5, 0.6) is 0 Å². The maximum Gasteiger partial charge on any atom is 0.247 e. The Kier molecular flexibility index (Phi) is 6.69. The predicted molar refractivity (Wildman–Crippen MR) is 140 cm³/mol. The van der Waals surface area contributed by atoms with Crippen LogP contribution in [0.1, 0.15) is 24.1 Å². The number of carbonyl (C=O) groups is 1. The second-order valence-electron chi connectivity index (χ2n) is 9.22. The number of benzene rings is 1. The molecule has 5 rings (SSSR count). The van der Waals surface area contributed by atoms with E-state index in [-0.39, 0.29) is 17.7 Å². The largest absolute Gasteiger partial charge is 0.367 e. The van der Waals surface area contributed by atoms with Crippen molar-refractivity contribution in [3.63, 3.8) is 0 Å². The fourth-order valence-electron chi connectivity index (χ4n) is 4.16. The van der Waals surface area contributed by atoms with E-state index in [1.165, 1.54) is 15.6 Å². The molecule has 1 saturated carbocycles. The van der Waals surface area contributed by atoms with Crippen molar-refractivity contribution in [3.05, 3.63) is 34.6 Å². The minimum Gasteiger partial charge on any atom is -0.367 e. The Hall–Kier alpha value is -4.14. The highest BCUT2D eigenvalue weighted by molar-refractivity contribution is 7.91. The molecule has 2 fully saturated rings. The minimum atomic E-state index is -3.42. The Morgan fingerprint density at radius 2 is 1.92 bits per heavy atom. The smallest absolute Gasteiger partial charge is 0.247 e. The van der Waals surface area contributed by atoms with Gasteiger partial charge in [-0.05, 0) is 25.0 Å². The standard InChI is InChI=1S/C23H23ClN10O3S/c1-38(36,37)13-19(35)33-6-4-32(5-7-33)18-9-14(10-25)8-17(20(18)24)29-23-30-21(28-15-2-3-15)22-27-12-16(11-26)34(22)31-23/h8-9,12,15H,2-7,13H2,1H3,(H2,28,29,30,31). The van der Waals surface area contributed by atoms with E-state index in [2.05, 4.69) is 37.8 Å². The summed E-state index contributed by atoms with van der Waals surface area (Å²) in [4.78, 5) is 24.6. The van der Waals surface area contributed by atoms with Crippen LogP contribution in [-0.2, 0) is 14.6 Å². The number of sulfone groups is 1. The summed E-state index contributed by atoms with van der Waals surface area (Å²) in [6.45, 7) is 1.44. The maximum atomic E-state index is 12.3. The van der Waals surface area contributed by atoms with Crippen LogP contribution in [0, 0.1) is 22.7 Å². The van der Waals surface area contributed by atoms with Gasteiger partial charge in [0.05, 0.1) is 34.2 Å². The Balaban J connectivity index is 1.42. The highest BCUT2D eigenvalue weighted by atomic mass is 35.5. The van der Waals surface area contributed by atoms with Crippen LogP contribution in [0.4, 0.5) is 23.1 Å². The van der Waals surface area contributed by atoms with E-state index >= 15 is 0 Å². The maximum absolute atomic E-state index is 12.3. The molecule has 15 heteroatoms. The summed E-state index contributed by atoms with van der Waals surface area (Å²) < 4.78 is 24.4. The monoisotopic (exact) mass is 554 g/mol. The van der Waals surface area contributed by atoms with Crippen LogP contribution in [0.2, 0.25) is 5.02 Å². The number of fused-ring (bicyclic) bond motifs is 1. The van der Waals surface area contributed by atoms with Gasteiger partial charge in [-0.1, -0.05) is 11.6 Å². The molecule has 196 valence electrons. The van der Waals surface area contributed by atoms with Gasteiger partial charge in [0.15, 0.2) is 27.0 Å². The van der Waals surface area contributed by atoms with E-state index in [0.717, 1.165) is 19.1 Å². The highest BCUT2D eigenvalue weighted by Crippen LogP contribution is 2.36. The van der Waals surface area contributed by atoms with Crippen LogP contribution in [0.15, 0.2) is 18.3 Å². The Labute approximate surface area is 223 Å². The van der Waals surface area contributed by atoms with Gasteiger partial charge in [0.1, 0.15) is 11.8 Å². The molecule has 0 atom stereocenters. The highest BCUT2D eigenvalue weighted by Gasteiger charge is 2.27. The average molecular weight is 555 g/mol. The van der Waals surface area contributed by atoms with Gasteiger partial charge in [-0.3, -0.25) is 4.79 Å². The van der Waals surface area contributed by atoms with E-state index in [1.807, 2.05) is 4.90 Å². The lowest BCUT2D eigenvalue weighted by atomic mass is 10.1. The molecule has 1 aliphatic heterocycles.